The van der Waals surface area contributed by atoms with E-state index in [4.69, 9.17) is 26.2 Å². The van der Waals surface area contributed by atoms with Crippen molar-refractivity contribution in [2.45, 2.75) is 50.9 Å². The van der Waals surface area contributed by atoms with Crippen LogP contribution in [0.25, 0.3) is 0 Å². The van der Waals surface area contributed by atoms with Gasteiger partial charge in [0.05, 0.1) is 19.8 Å². The highest BCUT2D eigenvalue weighted by Crippen LogP contribution is 2.30. The van der Waals surface area contributed by atoms with E-state index in [0.29, 0.717) is 30.3 Å². The van der Waals surface area contributed by atoms with Gasteiger partial charge in [-0.05, 0) is 62.4 Å². The summed E-state index contributed by atoms with van der Waals surface area (Å²) in [6, 6.07) is 15.8. The van der Waals surface area contributed by atoms with Crippen LogP contribution in [0.15, 0.2) is 48.5 Å². The summed E-state index contributed by atoms with van der Waals surface area (Å²) in [4.78, 5) is 2.27. The molecular formula is C25H34ClNO4. The molecule has 0 spiro atoms. The van der Waals surface area contributed by atoms with Crippen LogP contribution >= 0.6 is 11.6 Å². The standard InChI is InChI=1S/C25H34ClNO4/c1-20(17-21-9-11-24(12-10-21)30-15-5-3-2-4-14-28)27-13-16-31-25(29,19-27)22-7-6-8-23(26)18-22/h6-12,18,20,28-29H,2-5,13-17,19H2,1H3. The van der Waals surface area contributed by atoms with Crippen molar-refractivity contribution in [3.8, 4) is 5.75 Å². The number of hydrogen-bond donors (Lipinski definition) is 2. The smallest absolute Gasteiger partial charge is 0.205 e. The quantitative estimate of drug-likeness (QED) is 0.500. The summed E-state index contributed by atoms with van der Waals surface area (Å²) in [5.41, 5.74) is 1.93. The Balaban J connectivity index is 1.49. The zero-order valence-electron chi connectivity index (χ0n) is 18.3. The highest BCUT2D eigenvalue weighted by molar-refractivity contribution is 6.30. The van der Waals surface area contributed by atoms with Crippen LogP contribution in [0.2, 0.25) is 5.02 Å². The van der Waals surface area contributed by atoms with Crippen LogP contribution in [0, 0.1) is 0 Å². The molecule has 3 rings (SSSR count). The maximum absolute atomic E-state index is 11.1. The van der Waals surface area contributed by atoms with Crippen LogP contribution < -0.4 is 4.74 Å². The summed E-state index contributed by atoms with van der Waals surface area (Å²) < 4.78 is 11.6. The summed E-state index contributed by atoms with van der Waals surface area (Å²) in [5.74, 6) is -0.452. The largest absolute Gasteiger partial charge is 0.494 e. The maximum Gasteiger partial charge on any atom is 0.205 e. The van der Waals surface area contributed by atoms with E-state index >= 15 is 0 Å². The van der Waals surface area contributed by atoms with Gasteiger partial charge in [-0.25, -0.2) is 0 Å². The van der Waals surface area contributed by atoms with Crippen LogP contribution in [0.1, 0.15) is 43.7 Å². The SMILES string of the molecule is CC(Cc1ccc(OCCCCCCO)cc1)N1CCOC(O)(c2cccc(Cl)c2)C1. The molecule has 5 nitrogen and oxygen atoms in total. The van der Waals surface area contributed by atoms with Crippen molar-refractivity contribution in [3.05, 3.63) is 64.7 Å². The van der Waals surface area contributed by atoms with E-state index in [1.165, 1.54) is 5.56 Å². The van der Waals surface area contributed by atoms with Crippen LogP contribution in [-0.2, 0) is 16.9 Å². The fourth-order valence-corrected chi connectivity index (χ4v) is 4.15. The minimum atomic E-state index is -1.34. The molecule has 0 radical (unpaired) electrons. The zero-order chi connectivity index (χ0) is 22.1. The molecule has 2 N–H and O–H groups in total. The van der Waals surface area contributed by atoms with Crippen molar-refractivity contribution in [1.82, 2.24) is 4.90 Å². The molecule has 0 aromatic heterocycles. The fraction of sp³-hybridized carbons (Fsp3) is 0.520. The van der Waals surface area contributed by atoms with Gasteiger partial charge >= 0.3 is 0 Å². The van der Waals surface area contributed by atoms with Crippen molar-refractivity contribution in [2.75, 3.05) is 32.9 Å². The second-order valence-corrected chi connectivity index (χ2v) is 8.73. The average Bonchev–Trinajstić information content (AvgIpc) is 2.77. The first-order chi connectivity index (χ1) is 15.0. The molecule has 31 heavy (non-hydrogen) atoms. The zero-order valence-corrected chi connectivity index (χ0v) is 19.1. The van der Waals surface area contributed by atoms with E-state index in [2.05, 4.69) is 24.0 Å². The van der Waals surface area contributed by atoms with Gasteiger partial charge in [-0.1, -0.05) is 42.3 Å². The molecule has 2 unspecified atom stereocenters. The number of halogens is 1. The summed E-state index contributed by atoms with van der Waals surface area (Å²) in [5, 5.41) is 20.5. The van der Waals surface area contributed by atoms with Crippen molar-refractivity contribution < 1.29 is 19.7 Å². The van der Waals surface area contributed by atoms with Gasteiger partial charge in [-0.15, -0.1) is 0 Å². The Morgan fingerprint density at radius 2 is 1.90 bits per heavy atom. The number of morpholine rings is 1. The van der Waals surface area contributed by atoms with Crippen LogP contribution in [-0.4, -0.2) is 54.1 Å². The van der Waals surface area contributed by atoms with Gasteiger partial charge < -0.3 is 19.7 Å². The van der Waals surface area contributed by atoms with Crippen molar-refractivity contribution in [2.24, 2.45) is 0 Å². The first-order valence-corrected chi connectivity index (χ1v) is 11.6. The number of benzene rings is 2. The van der Waals surface area contributed by atoms with Gasteiger partial charge in [0, 0.05) is 29.8 Å². The summed E-state index contributed by atoms with van der Waals surface area (Å²) in [6.45, 7) is 4.81. The maximum atomic E-state index is 11.1. The lowest BCUT2D eigenvalue weighted by Crippen LogP contribution is -2.53. The summed E-state index contributed by atoms with van der Waals surface area (Å²) >= 11 is 6.11. The van der Waals surface area contributed by atoms with Gasteiger partial charge in [-0.2, -0.15) is 0 Å². The first kappa shape index (κ1) is 24.0. The molecule has 170 valence electrons. The van der Waals surface area contributed by atoms with Crippen molar-refractivity contribution in [1.29, 1.82) is 0 Å². The number of aliphatic hydroxyl groups excluding tert-OH is 1. The number of β-amino-alcohol motifs (C(OH)–C–C–N with tert-alkyl or cyclic N) is 1. The van der Waals surface area contributed by atoms with Crippen LogP contribution in [0.5, 0.6) is 5.75 Å². The lowest BCUT2D eigenvalue weighted by molar-refractivity contribution is -0.251. The van der Waals surface area contributed by atoms with E-state index < -0.39 is 5.79 Å². The van der Waals surface area contributed by atoms with Crippen molar-refractivity contribution >= 4 is 11.6 Å². The second-order valence-electron chi connectivity index (χ2n) is 8.30. The van der Waals surface area contributed by atoms with E-state index in [1.807, 2.05) is 24.3 Å². The molecule has 0 aliphatic carbocycles. The van der Waals surface area contributed by atoms with Gasteiger partial charge in [0.2, 0.25) is 5.79 Å². The van der Waals surface area contributed by atoms with E-state index in [9.17, 15) is 5.11 Å². The number of rotatable bonds is 11. The molecule has 1 aliphatic rings. The Morgan fingerprint density at radius 1 is 1.13 bits per heavy atom. The van der Waals surface area contributed by atoms with Gasteiger partial charge in [0.15, 0.2) is 0 Å². The Morgan fingerprint density at radius 3 is 2.65 bits per heavy atom. The predicted molar refractivity (Wildman–Crippen MR) is 124 cm³/mol. The molecule has 0 saturated carbocycles. The Labute approximate surface area is 190 Å². The topological polar surface area (TPSA) is 62.2 Å². The Hall–Kier alpha value is -1.63. The monoisotopic (exact) mass is 447 g/mol. The summed E-state index contributed by atoms with van der Waals surface area (Å²) in [6.07, 6.45) is 4.88. The third-order valence-electron chi connectivity index (χ3n) is 5.81. The molecule has 6 heteroatoms. The molecule has 1 saturated heterocycles. The van der Waals surface area contributed by atoms with Crippen LogP contribution in [0.4, 0.5) is 0 Å². The van der Waals surface area contributed by atoms with E-state index in [-0.39, 0.29) is 12.6 Å². The van der Waals surface area contributed by atoms with Crippen LogP contribution in [0.3, 0.4) is 0 Å². The minimum absolute atomic E-state index is 0.257. The van der Waals surface area contributed by atoms with E-state index in [0.717, 1.165) is 44.4 Å². The van der Waals surface area contributed by atoms with Gasteiger partial charge in [0.25, 0.3) is 0 Å². The normalized spacial score (nSPS) is 20.5. The molecule has 0 bridgehead atoms. The van der Waals surface area contributed by atoms with Crippen molar-refractivity contribution in [3.63, 3.8) is 0 Å². The Kier molecular flexibility index (Phi) is 9.17. The lowest BCUT2D eigenvalue weighted by atomic mass is 10.0. The first-order valence-electron chi connectivity index (χ1n) is 11.2. The number of unbranched alkanes of at least 4 members (excludes halogenated alkanes) is 3. The minimum Gasteiger partial charge on any atom is -0.494 e. The summed E-state index contributed by atoms with van der Waals surface area (Å²) in [7, 11) is 0. The number of hydrogen-bond acceptors (Lipinski definition) is 5. The third-order valence-corrected chi connectivity index (χ3v) is 6.05. The molecule has 2 atom stereocenters. The lowest BCUT2D eigenvalue weighted by Gasteiger charge is -2.42. The number of ether oxygens (including phenoxy) is 2. The number of aliphatic hydroxyl groups is 2. The highest BCUT2D eigenvalue weighted by atomic mass is 35.5. The van der Waals surface area contributed by atoms with E-state index in [1.54, 1.807) is 12.1 Å². The molecule has 1 aliphatic heterocycles. The second kappa shape index (κ2) is 11.8. The number of nitrogens with zero attached hydrogens (tertiary/aromatic N) is 1. The average molecular weight is 448 g/mol. The van der Waals surface area contributed by atoms with Gasteiger partial charge in [-0.3, -0.25) is 4.90 Å². The third kappa shape index (κ3) is 7.19. The molecule has 1 heterocycles. The molecule has 2 aromatic carbocycles. The predicted octanol–water partition coefficient (Wildman–Crippen LogP) is 4.38. The molecular weight excluding hydrogens is 414 g/mol. The Bertz CT molecular complexity index is 800. The highest BCUT2D eigenvalue weighted by Gasteiger charge is 2.37. The van der Waals surface area contributed by atoms with Gasteiger partial charge in [0.1, 0.15) is 5.75 Å². The fourth-order valence-electron chi connectivity index (χ4n) is 3.96. The molecule has 0 amide bonds. The molecule has 2 aromatic rings. The molecule has 1 fully saturated rings.